The van der Waals surface area contributed by atoms with Gasteiger partial charge in [-0.05, 0) is 25.1 Å². The Morgan fingerprint density at radius 3 is 2.78 bits per heavy atom. The number of hydrogen-bond acceptors (Lipinski definition) is 3. The summed E-state index contributed by atoms with van der Waals surface area (Å²) in [4.78, 5) is 22.5. The summed E-state index contributed by atoms with van der Waals surface area (Å²) in [6.45, 7) is 1.97. The molecule has 1 N–H and O–H groups in total. The summed E-state index contributed by atoms with van der Waals surface area (Å²) in [7, 11) is 0. The van der Waals surface area contributed by atoms with Crippen LogP contribution in [0.4, 0.5) is 10.1 Å². The molecule has 0 radical (unpaired) electrons. The Balaban J connectivity index is 2.49. The van der Waals surface area contributed by atoms with Gasteiger partial charge in [0.25, 0.3) is 0 Å². The van der Waals surface area contributed by atoms with Crippen molar-refractivity contribution in [3.8, 4) is 0 Å². The van der Waals surface area contributed by atoms with Gasteiger partial charge in [-0.1, -0.05) is 15.9 Å². The van der Waals surface area contributed by atoms with E-state index in [1.165, 1.54) is 18.2 Å². The summed E-state index contributed by atoms with van der Waals surface area (Å²) in [5.41, 5.74) is 0.0817. The number of nitrogens with one attached hydrogen (secondary N) is 1. The summed E-state index contributed by atoms with van der Waals surface area (Å²) in [5, 5.41) is 2.40. The van der Waals surface area contributed by atoms with Gasteiger partial charge in [0.05, 0.1) is 18.7 Å². The van der Waals surface area contributed by atoms with Gasteiger partial charge in [0.15, 0.2) is 0 Å². The van der Waals surface area contributed by atoms with Gasteiger partial charge in [-0.3, -0.25) is 9.59 Å². The van der Waals surface area contributed by atoms with Crippen LogP contribution in [0.1, 0.15) is 19.8 Å². The molecule has 1 rings (SSSR count). The number of halogens is 2. The first kappa shape index (κ1) is 14.6. The predicted octanol–water partition coefficient (Wildman–Crippen LogP) is 2.87. The average molecular weight is 318 g/mol. The zero-order valence-corrected chi connectivity index (χ0v) is 11.4. The highest BCUT2D eigenvalue weighted by Gasteiger charge is 2.10. The summed E-state index contributed by atoms with van der Waals surface area (Å²) in [6, 6.07) is 4.23. The molecule has 98 valence electrons. The van der Waals surface area contributed by atoms with Crippen molar-refractivity contribution in [2.45, 2.75) is 19.8 Å². The lowest BCUT2D eigenvalue weighted by Crippen LogP contribution is -2.15. The molecule has 1 aromatic rings. The number of rotatable bonds is 5. The molecule has 4 nitrogen and oxygen atoms in total. The van der Waals surface area contributed by atoms with Crippen molar-refractivity contribution in [2.24, 2.45) is 0 Å². The Morgan fingerprint density at radius 1 is 1.39 bits per heavy atom. The molecule has 0 aromatic heterocycles. The van der Waals surface area contributed by atoms with Gasteiger partial charge >= 0.3 is 5.97 Å². The van der Waals surface area contributed by atoms with Gasteiger partial charge in [-0.2, -0.15) is 0 Å². The van der Waals surface area contributed by atoms with Crippen molar-refractivity contribution in [3.05, 3.63) is 28.5 Å². The highest BCUT2D eigenvalue weighted by molar-refractivity contribution is 9.10. The van der Waals surface area contributed by atoms with Crippen LogP contribution >= 0.6 is 15.9 Å². The van der Waals surface area contributed by atoms with Gasteiger partial charge in [0.1, 0.15) is 5.82 Å². The monoisotopic (exact) mass is 317 g/mol. The van der Waals surface area contributed by atoms with Crippen molar-refractivity contribution in [1.29, 1.82) is 0 Å². The third-order valence-electron chi connectivity index (χ3n) is 2.06. The number of ether oxygens (including phenoxy) is 1. The molecule has 0 bridgehead atoms. The average Bonchev–Trinajstić information content (AvgIpc) is 2.32. The number of anilines is 1. The van der Waals surface area contributed by atoms with E-state index >= 15 is 0 Å². The second-order valence-electron chi connectivity index (χ2n) is 3.48. The first-order valence-electron chi connectivity index (χ1n) is 5.43. The lowest BCUT2D eigenvalue weighted by Gasteiger charge is -2.06. The van der Waals surface area contributed by atoms with E-state index in [0.717, 1.165) is 0 Å². The summed E-state index contributed by atoms with van der Waals surface area (Å²) < 4.78 is 18.7. The molecule has 0 atom stereocenters. The topological polar surface area (TPSA) is 55.4 Å². The van der Waals surface area contributed by atoms with Crippen molar-refractivity contribution >= 4 is 33.5 Å². The van der Waals surface area contributed by atoms with Crippen LogP contribution in [-0.2, 0) is 14.3 Å². The highest BCUT2D eigenvalue weighted by atomic mass is 79.9. The predicted molar refractivity (Wildman–Crippen MR) is 68.6 cm³/mol. The normalized spacial score (nSPS) is 9.94. The molecule has 0 saturated carbocycles. The fourth-order valence-corrected chi connectivity index (χ4v) is 1.62. The van der Waals surface area contributed by atoms with Crippen LogP contribution in [0, 0.1) is 5.82 Å². The van der Waals surface area contributed by atoms with Crippen molar-refractivity contribution < 1.29 is 18.7 Å². The van der Waals surface area contributed by atoms with Gasteiger partial charge in [0.2, 0.25) is 5.91 Å². The molecule has 18 heavy (non-hydrogen) atoms. The lowest BCUT2D eigenvalue weighted by molar-refractivity contribution is -0.144. The molecule has 1 aromatic carbocycles. The fourth-order valence-electron chi connectivity index (χ4n) is 1.25. The molecule has 0 aliphatic heterocycles. The molecular weight excluding hydrogens is 305 g/mol. The number of esters is 1. The van der Waals surface area contributed by atoms with E-state index in [2.05, 4.69) is 26.0 Å². The van der Waals surface area contributed by atoms with Crippen LogP contribution in [0.25, 0.3) is 0 Å². The molecule has 0 unspecified atom stereocenters. The molecule has 0 aliphatic rings. The second kappa shape index (κ2) is 7.10. The van der Waals surface area contributed by atoms with Crippen LogP contribution in [-0.4, -0.2) is 18.5 Å². The molecule has 0 saturated heterocycles. The molecular formula is C12H13BrFNO3. The van der Waals surface area contributed by atoms with E-state index in [1.807, 2.05) is 0 Å². The van der Waals surface area contributed by atoms with E-state index in [0.29, 0.717) is 4.47 Å². The SMILES string of the molecule is CCOC(=O)CCC(=O)Nc1cc(Br)ccc1F. The van der Waals surface area contributed by atoms with Crippen LogP contribution in [0.3, 0.4) is 0 Å². The molecule has 0 fully saturated rings. The molecule has 6 heteroatoms. The molecule has 0 heterocycles. The number of carbonyl (C=O) groups is 2. The van der Waals surface area contributed by atoms with Crippen LogP contribution in [0.15, 0.2) is 22.7 Å². The Kier molecular flexibility index (Phi) is 5.77. The Bertz CT molecular complexity index is 451. The molecule has 0 aliphatic carbocycles. The maximum Gasteiger partial charge on any atom is 0.306 e. The number of hydrogen-bond donors (Lipinski definition) is 1. The minimum atomic E-state index is -0.525. The Hall–Kier alpha value is -1.43. The smallest absolute Gasteiger partial charge is 0.306 e. The van der Waals surface area contributed by atoms with Crippen LogP contribution in [0.5, 0.6) is 0 Å². The largest absolute Gasteiger partial charge is 0.466 e. The number of carbonyl (C=O) groups excluding carboxylic acids is 2. The standard InChI is InChI=1S/C12H13BrFNO3/c1-2-18-12(17)6-5-11(16)15-10-7-8(13)3-4-9(10)14/h3-4,7H,2,5-6H2,1H3,(H,15,16). The third kappa shape index (κ3) is 4.83. The third-order valence-corrected chi connectivity index (χ3v) is 2.56. The van der Waals surface area contributed by atoms with Crippen LogP contribution in [0.2, 0.25) is 0 Å². The van der Waals surface area contributed by atoms with E-state index < -0.39 is 17.7 Å². The highest BCUT2D eigenvalue weighted by Crippen LogP contribution is 2.20. The Labute approximate surface area is 113 Å². The zero-order valence-electron chi connectivity index (χ0n) is 9.83. The van der Waals surface area contributed by atoms with Gasteiger partial charge in [0, 0.05) is 10.9 Å². The molecule has 0 spiro atoms. The fraction of sp³-hybridized carbons (Fsp3) is 0.333. The van der Waals surface area contributed by atoms with Crippen molar-refractivity contribution in [2.75, 3.05) is 11.9 Å². The van der Waals surface area contributed by atoms with E-state index in [1.54, 1.807) is 6.92 Å². The maximum atomic E-state index is 13.3. The van der Waals surface area contributed by atoms with E-state index in [4.69, 9.17) is 0 Å². The van der Waals surface area contributed by atoms with E-state index in [-0.39, 0.29) is 25.1 Å². The van der Waals surface area contributed by atoms with Crippen LogP contribution < -0.4 is 5.32 Å². The second-order valence-corrected chi connectivity index (χ2v) is 4.39. The maximum absolute atomic E-state index is 13.3. The Morgan fingerprint density at radius 2 is 2.11 bits per heavy atom. The van der Waals surface area contributed by atoms with Crippen molar-refractivity contribution in [1.82, 2.24) is 0 Å². The van der Waals surface area contributed by atoms with Crippen molar-refractivity contribution in [3.63, 3.8) is 0 Å². The quantitative estimate of drug-likeness (QED) is 0.850. The van der Waals surface area contributed by atoms with Gasteiger partial charge in [-0.25, -0.2) is 4.39 Å². The van der Waals surface area contributed by atoms with Gasteiger partial charge < -0.3 is 10.1 Å². The number of benzene rings is 1. The first-order chi connectivity index (χ1) is 8.52. The first-order valence-corrected chi connectivity index (χ1v) is 6.22. The summed E-state index contributed by atoms with van der Waals surface area (Å²) >= 11 is 3.18. The number of amides is 1. The summed E-state index contributed by atoms with van der Waals surface area (Å²) in [5.74, 6) is -1.40. The molecule has 1 amide bonds. The zero-order chi connectivity index (χ0) is 13.5. The minimum Gasteiger partial charge on any atom is -0.466 e. The lowest BCUT2D eigenvalue weighted by atomic mass is 10.2. The minimum absolute atomic E-state index is 0.0186. The van der Waals surface area contributed by atoms with Gasteiger partial charge in [-0.15, -0.1) is 0 Å². The van der Waals surface area contributed by atoms with E-state index in [9.17, 15) is 14.0 Å². The summed E-state index contributed by atoms with van der Waals surface area (Å²) in [6.07, 6.45) is -0.0555.